The molecule has 0 radical (unpaired) electrons. The van der Waals surface area contributed by atoms with Crippen LogP contribution in [-0.4, -0.2) is 28.8 Å². The summed E-state index contributed by atoms with van der Waals surface area (Å²) in [4.78, 5) is 14.4. The third-order valence-corrected chi connectivity index (χ3v) is 5.84. The second kappa shape index (κ2) is 7.37. The molecule has 3 aromatic rings. The van der Waals surface area contributed by atoms with E-state index < -0.39 is 0 Å². The lowest BCUT2D eigenvalue weighted by atomic mass is 10.2. The zero-order valence-corrected chi connectivity index (χ0v) is 14.9. The average Bonchev–Trinajstić information content (AvgIpc) is 3.38. The molecule has 25 heavy (non-hydrogen) atoms. The van der Waals surface area contributed by atoms with Gasteiger partial charge in [0, 0.05) is 29.4 Å². The summed E-state index contributed by atoms with van der Waals surface area (Å²) in [6.45, 7) is 2.53. The molecule has 1 aliphatic heterocycles. The maximum Gasteiger partial charge on any atom is 0.261 e. The van der Waals surface area contributed by atoms with Crippen molar-refractivity contribution < 1.29 is 4.79 Å². The minimum absolute atomic E-state index is 0.0274. The number of fused-ring (bicyclic) bond motifs is 1. The Labute approximate surface area is 151 Å². The Morgan fingerprint density at radius 3 is 3.12 bits per heavy atom. The van der Waals surface area contributed by atoms with E-state index in [1.807, 2.05) is 29.1 Å². The fourth-order valence-electron chi connectivity index (χ4n) is 3.31. The number of thiophene rings is 1. The van der Waals surface area contributed by atoms with Gasteiger partial charge in [-0.05, 0) is 44.0 Å². The summed E-state index contributed by atoms with van der Waals surface area (Å²) < 4.78 is 2.00. The number of carbonyl (C=O) groups is 1. The van der Waals surface area contributed by atoms with E-state index in [9.17, 15) is 4.79 Å². The minimum Gasteiger partial charge on any atom is -0.351 e. The number of carbonyl (C=O) groups excluding carboxylic acids is 1. The van der Waals surface area contributed by atoms with Crippen LogP contribution < -0.4 is 10.6 Å². The SMILES string of the molecule is O=C(NCCCn1ncc2ccccc21)c1ccc(C2CCCN2)s1. The van der Waals surface area contributed by atoms with Crippen molar-refractivity contribution in [3.63, 3.8) is 0 Å². The predicted molar refractivity (Wildman–Crippen MR) is 101 cm³/mol. The molecule has 1 atom stereocenters. The molecular formula is C19H22N4OS. The number of aryl methyl sites for hydroxylation is 1. The second-order valence-electron chi connectivity index (χ2n) is 6.39. The quantitative estimate of drug-likeness (QED) is 0.668. The molecule has 4 rings (SSSR count). The van der Waals surface area contributed by atoms with Crippen molar-refractivity contribution in [3.05, 3.63) is 52.3 Å². The van der Waals surface area contributed by atoms with Crippen LogP contribution in [0.5, 0.6) is 0 Å². The van der Waals surface area contributed by atoms with E-state index in [2.05, 4.69) is 33.9 Å². The van der Waals surface area contributed by atoms with E-state index in [1.165, 1.54) is 17.7 Å². The maximum absolute atomic E-state index is 12.3. The van der Waals surface area contributed by atoms with Gasteiger partial charge in [-0.25, -0.2) is 0 Å². The molecule has 1 unspecified atom stereocenters. The number of para-hydroxylation sites is 1. The van der Waals surface area contributed by atoms with Gasteiger partial charge in [0.1, 0.15) is 0 Å². The number of nitrogens with zero attached hydrogens (tertiary/aromatic N) is 2. The summed E-state index contributed by atoms with van der Waals surface area (Å²) in [6, 6.07) is 12.6. The molecule has 0 saturated carbocycles. The van der Waals surface area contributed by atoms with Crippen molar-refractivity contribution in [1.29, 1.82) is 0 Å². The van der Waals surface area contributed by atoms with Gasteiger partial charge in [-0.15, -0.1) is 11.3 Å². The number of amides is 1. The van der Waals surface area contributed by atoms with Crippen LogP contribution in [0.15, 0.2) is 42.6 Å². The van der Waals surface area contributed by atoms with Crippen molar-refractivity contribution in [2.45, 2.75) is 31.8 Å². The van der Waals surface area contributed by atoms with E-state index >= 15 is 0 Å². The standard InChI is InChI=1S/C19H22N4OS/c24-19(18-9-8-17(25-18)15-6-3-10-20-15)21-11-4-12-23-16-7-2-1-5-14(16)13-22-23/h1-2,5,7-9,13,15,20H,3-4,6,10-12H2,(H,21,24). The van der Waals surface area contributed by atoms with Gasteiger partial charge < -0.3 is 10.6 Å². The average molecular weight is 354 g/mol. The highest BCUT2D eigenvalue weighted by Crippen LogP contribution is 2.29. The summed E-state index contributed by atoms with van der Waals surface area (Å²) in [5.41, 5.74) is 1.14. The first-order chi connectivity index (χ1) is 12.3. The van der Waals surface area contributed by atoms with Gasteiger partial charge in [0.05, 0.1) is 16.6 Å². The normalized spacial score (nSPS) is 17.2. The van der Waals surface area contributed by atoms with E-state index in [0.717, 1.165) is 35.3 Å². The predicted octanol–water partition coefficient (Wildman–Crippen LogP) is 3.34. The lowest BCUT2D eigenvalue weighted by Crippen LogP contribution is -2.24. The molecule has 2 N–H and O–H groups in total. The molecule has 6 heteroatoms. The third kappa shape index (κ3) is 3.60. The zero-order valence-electron chi connectivity index (χ0n) is 14.1. The summed E-state index contributed by atoms with van der Waals surface area (Å²) in [5.74, 6) is 0.0274. The zero-order chi connectivity index (χ0) is 17.1. The third-order valence-electron chi connectivity index (χ3n) is 4.64. The van der Waals surface area contributed by atoms with Gasteiger partial charge in [-0.2, -0.15) is 5.10 Å². The van der Waals surface area contributed by atoms with Crippen LogP contribution in [0, 0.1) is 0 Å². The number of benzene rings is 1. The van der Waals surface area contributed by atoms with Crippen LogP contribution in [0.25, 0.3) is 10.9 Å². The first-order valence-electron chi connectivity index (χ1n) is 8.83. The van der Waals surface area contributed by atoms with Crippen LogP contribution in [0.4, 0.5) is 0 Å². The van der Waals surface area contributed by atoms with Crippen molar-refractivity contribution in [1.82, 2.24) is 20.4 Å². The molecule has 1 aromatic carbocycles. The van der Waals surface area contributed by atoms with Crippen LogP contribution in [0.3, 0.4) is 0 Å². The molecular weight excluding hydrogens is 332 g/mol. The molecule has 1 saturated heterocycles. The largest absolute Gasteiger partial charge is 0.351 e. The highest BCUT2D eigenvalue weighted by molar-refractivity contribution is 7.14. The van der Waals surface area contributed by atoms with Crippen molar-refractivity contribution in [2.24, 2.45) is 0 Å². The number of rotatable bonds is 6. The first kappa shape index (κ1) is 16.3. The summed E-state index contributed by atoms with van der Waals surface area (Å²) >= 11 is 1.60. The van der Waals surface area contributed by atoms with Crippen molar-refractivity contribution >= 4 is 28.1 Å². The van der Waals surface area contributed by atoms with Crippen LogP contribution in [0.2, 0.25) is 0 Å². The number of nitrogens with one attached hydrogen (secondary N) is 2. The van der Waals surface area contributed by atoms with Crippen molar-refractivity contribution in [2.75, 3.05) is 13.1 Å². The molecule has 3 heterocycles. The molecule has 2 aromatic heterocycles. The molecule has 130 valence electrons. The Balaban J connectivity index is 1.27. The highest BCUT2D eigenvalue weighted by atomic mass is 32.1. The number of hydrogen-bond acceptors (Lipinski definition) is 4. The Bertz CT molecular complexity index is 863. The Kier molecular flexibility index (Phi) is 4.81. The summed E-state index contributed by atoms with van der Waals surface area (Å²) in [7, 11) is 0. The van der Waals surface area contributed by atoms with Gasteiger partial charge in [0.15, 0.2) is 0 Å². The van der Waals surface area contributed by atoms with Gasteiger partial charge >= 0.3 is 0 Å². The molecule has 1 amide bonds. The summed E-state index contributed by atoms with van der Waals surface area (Å²) in [5, 5.41) is 12.1. The topological polar surface area (TPSA) is 59.0 Å². The summed E-state index contributed by atoms with van der Waals surface area (Å²) in [6.07, 6.45) is 5.13. The van der Waals surface area contributed by atoms with Crippen LogP contribution in [-0.2, 0) is 6.54 Å². The fraction of sp³-hybridized carbons (Fsp3) is 0.368. The number of aromatic nitrogens is 2. The smallest absolute Gasteiger partial charge is 0.261 e. The second-order valence-corrected chi connectivity index (χ2v) is 7.50. The molecule has 5 nitrogen and oxygen atoms in total. The highest BCUT2D eigenvalue weighted by Gasteiger charge is 2.19. The van der Waals surface area contributed by atoms with E-state index in [-0.39, 0.29) is 5.91 Å². The number of hydrogen-bond donors (Lipinski definition) is 2. The Hall–Kier alpha value is -2.18. The van der Waals surface area contributed by atoms with Gasteiger partial charge in [0.2, 0.25) is 0 Å². The van der Waals surface area contributed by atoms with Crippen LogP contribution in [0.1, 0.15) is 39.9 Å². The van der Waals surface area contributed by atoms with Crippen molar-refractivity contribution in [3.8, 4) is 0 Å². The van der Waals surface area contributed by atoms with E-state index in [1.54, 1.807) is 11.3 Å². The molecule has 0 spiro atoms. The lowest BCUT2D eigenvalue weighted by molar-refractivity contribution is 0.0956. The van der Waals surface area contributed by atoms with Gasteiger partial charge in [-0.1, -0.05) is 18.2 Å². The van der Waals surface area contributed by atoms with E-state index in [0.29, 0.717) is 12.6 Å². The van der Waals surface area contributed by atoms with Gasteiger partial charge in [0.25, 0.3) is 5.91 Å². The molecule has 0 bridgehead atoms. The van der Waals surface area contributed by atoms with Crippen LogP contribution >= 0.6 is 11.3 Å². The minimum atomic E-state index is 0.0274. The molecule has 1 fully saturated rings. The fourth-order valence-corrected chi connectivity index (χ4v) is 4.35. The Morgan fingerprint density at radius 2 is 2.24 bits per heavy atom. The van der Waals surface area contributed by atoms with Gasteiger partial charge in [-0.3, -0.25) is 9.48 Å². The Morgan fingerprint density at radius 1 is 1.32 bits per heavy atom. The molecule has 1 aliphatic rings. The lowest BCUT2D eigenvalue weighted by Gasteiger charge is -2.07. The first-order valence-corrected chi connectivity index (χ1v) is 9.65. The monoisotopic (exact) mass is 354 g/mol. The van der Waals surface area contributed by atoms with E-state index in [4.69, 9.17) is 0 Å². The molecule has 0 aliphatic carbocycles. The maximum atomic E-state index is 12.3.